The largest absolute Gasteiger partial charge is 0.575 e. The maximum atomic E-state index is 12.8. The van der Waals surface area contributed by atoms with Crippen molar-refractivity contribution in [2.24, 2.45) is 0 Å². The number of carbonyl (C=O) groups is 1. The van der Waals surface area contributed by atoms with Crippen molar-refractivity contribution >= 4 is 22.4 Å². The van der Waals surface area contributed by atoms with Gasteiger partial charge in [-0.05, 0) is 39.1 Å². The fourth-order valence-electron chi connectivity index (χ4n) is 4.57. The predicted octanol–water partition coefficient (Wildman–Crippen LogP) is 3.12. The Morgan fingerprint density at radius 1 is 1.08 bits per heavy atom. The summed E-state index contributed by atoms with van der Waals surface area (Å²) in [6, 6.07) is 11.8. The Kier molecular flexibility index (Phi) is 3.57. The first kappa shape index (κ1) is 16.9. The molecule has 0 amide bonds. The molecule has 136 valence electrons. The van der Waals surface area contributed by atoms with E-state index < -0.39 is 23.7 Å². The first-order valence-corrected chi connectivity index (χ1v) is 9.07. The van der Waals surface area contributed by atoms with E-state index in [0.29, 0.717) is 4.48 Å². The summed E-state index contributed by atoms with van der Waals surface area (Å²) < 4.78 is 11.3. The fraction of sp³-hybridized carbons (Fsp3) is 0.381. The smallest absolute Gasteiger partial charge is 0.343 e. The Labute approximate surface area is 153 Å². The highest BCUT2D eigenvalue weighted by molar-refractivity contribution is 6.02. The summed E-state index contributed by atoms with van der Waals surface area (Å²) in [6.45, 7) is 8.83. The molecule has 0 unspecified atom stereocenters. The summed E-state index contributed by atoms with van der Waals surface area (Å²) in [5.41, 5.74) is 2.23. The van der Waals surface area contributed by atoms with E-state index in [1.807, 2.05) is 18.2 Å². The molecule has 2 aromatic rings. The van der Waals surface area contributed by atoms with Gasteiger partial charge in [0.2, 0.25) is 0 Å². The zero-order chi connectivity index (χ0) is 18.7. The van der Waals surface area contributed by atoms with Crippen LogP contribution in [-0.4, -0.2) is 24.8 Å². The lowest BCUT2D eigenvalue weighted by Crippen LogP contribution is -2.53. The number of hydrogen-bond acceptors (Lipinski definition) is 4. The molecule has 1 atom stereocenters. The molecule has 0 saturated heterocycles. The number of esters is 1. The highest BCUT2D eigenvalue weighted by atomic mass is 16.8. The van der Waals surface area contributed by atoms with Crippen LogP contribution in [0.3, 0.4) is 0 Å². The van der Waals surface area contributed by atoms with Gasteiger partial charge in [-0.25, -0.2) is 4.79 Å². The van der Waals surface area contributed by atoms with Crippen molar-refractivity contribution in [2.45, 2.75) is 39.5 Å². The van der Waals surface area contributed by atoms with Gasteiger partial charge in [-0.15, -0.1) is 0 Å². The van der Waals surface area contributed by atoms with Gasteiger partial charge in [0.05, 0.1) is 24.4 Å². The van der Waals surface area contributed by atoms with Crippen molar-refractivity contribution in [1.29, 1.82) is 0 Å². The van der Waals surface area contributed by atoms with E-state index >= 15 is 0 Å². The first-order chi connectivity index (χ1) is 12.3. The number of likely N-dealkylation sites (N-methyl/N-ethyl adjacent to an activating group) is 1. The molecule has 5 heteroatoms. The molecular formula is C21H23NO4. The molecule has 5 nitrogen and oxygen atoms in total. The van der Waals surface area contributed by atoms with Crippen LogP contribution in [0.2, 0.25) is 0 Å². The Hall–Kier alpha value is -2.53. The predicted molar refractivity (Wildman–Crippen MR) is 97.8 cm³/mol. The van der Waals surface area contributed by atoms with Gasteiger partial charge in [0, 0.05) is 5.56 Å². The molecule has 0 saturated carbocycles. The number of hydrogen-bond donors (Lipinski definition) is 0. The number of cyclic esters (lactones) is 1. The van der Waals surface area contributed by atoms with E-state index in [0.717, 1.165) is 35.1 Å². The van der Waals surface area contributed by atoms with Crippen LogP contribution in [0.1, 0.15) is 39.3 Å². The van der Waals surface area contributed by atoms with E-state index in [-0.39, 0.29) is 5.57 Å². The third kappa shape index (κ3) is 2.10. The maximum Gasteiger partial charge on any atom is 0.343 e. The van der Waals surface area contributed by atoms with E-state index in [9.17, 15) is 9.90 Å². The zero-order valence-corrected chi connectivity index (χ0v) is 15.5. The van der Waals surface area contributed by atoms with Gasteiger partial charge < -0.3 is 14.6 Å². The number of quaternary nitrogens is 1. The SMILES string of the molecule is CC[N+]1(CC)c2cccc3cccc(c23)[C@H]1C1=C([O-])OC(C)(C)OC1=O. The van der Waals surface area contributed by atoms with Crippen molar-refractivity contribution in [3.8, 4) is 0 Å². The zero-order valence-electron chi connectivity index (χ0n) is 15.5. The second-order valence-corrected chi connectivity index (χ2v) is 7.38. The number of carbonyl (C=O) groups excluding carboxylic acids is 1. The van der Waals surface area contributed by atoms with Gasteiger partial charge >= 0.3 is 5.97 Å². The summed E-state index contributed by atoms with van der Waals surface area (Å²) in [5.74, 6) is -2.39. The normalized spacial score (nSPS) is 23.1. The molecule has 2 aliphatic heterocycles. The van der Waals surface area contributed by atoms with Crippen molar-refractivity contribution < 1.29 is 19.4 Å². The van der Waals surface area contributed by atoms with Crippen LogP contribution in [0.5, 0.6) is 0 Å². The quantitative estimate of drug-likeness (QED) is 0.628. The number of rotatable bonds is 3. The average Bonchev–Trinajstić information content (AvgIpc) is 2.86. The summed E-state index contributed by atoms with van der Waals surface area (Å²) >= 11 is 0. The summed E-state index contributed by atoms with van der Waals surface area (Å²) in [4.78, 5) is 12.8. The Morgan fingerprint density at radius 2 is 1.73 bits per heavy atom. The molecule has 0 N–H and O–H groups in total. The first-order valence-electron chi connectivity index (χ1n) is 9.07. The lowest BCUT2D eigenvalue weighted by atomic mass is 9.95. The van der Waals surface area contributed by atoms with Crippen LogP contribution in [0.4, 0.5) is 5.69 Å². The topological polar surface area (TPSA) is 58.6 Å². The molecule has 2 aliphatic rings. The molecule has 0 spiro atoms. The maximum absolute atomic E-state index is 12.8. The minimum atomic E-state index is -1.23. The van der Waals surface area contributed by atoms with Crippen LogP contribution >= 0.6 is 0 Å². The monoisotopic (exact) mass is 353 g/mol. The molecular weight excluding hydrogens is 330 g/mol. The Bertz CT molecular complexity index is 935. The highest BCUT2D eigenvalue weighted by Gasteiger charge is 2.51. The van der Waals surface area contributed by atoms with Gasteiger partial charge in [0.15, 0.2) is 11.8 Å². The molecule has 2 heterocycles. The molecule has 0 bridgehead atoms. The van der Waals surface area contributed by atoms with E-state index in [1.54, 1.807) is 13.8 Å². The minimum absolute atomic E-state index is 0.0942. The van der Waals surface area contributed by atoms with E-state index in [2.05, 4.69) is 32.0 Å². The molecule has 4 rings (SSSR count). The van der Waals surface area contributed by atoms with Gasteiger partial charge in [-0.1, -0.05) is 30.3 Å². The van der Waals surface area contributed by atoms with Crippen LogP contribution in [0.15, 0.2) is 47.9 Å². The van der Waals surface area contributed by atoms with Crippen LogP contribution in [-0.2, 0) is 14.3 Å². The van der Waals surface area contributed by atoms with Crippen LogP contribution in [0.25, 0.3) is 10.8 Å². The van der Waals surface area contributed by atoms with E-state index in [4.69, 9.17) is 9.47 Å². The van der Waals surface area contributed by atoms with Gasteiger partial charge in [0.1, 0.15) is 11.3 Å². The summed E-state index contributed by atoms with van der Waals surface area (Å²) in [7, 11) is 0. The van der Waals surface area contributed by atoms with Crippen molar-refractivity contribution in [3.05, 3.63) is 53.5 Å². The van der Waals surface area contributed by atoms with Gasteiger partial charge in [0.25, 0.3) is 0 Å². The molecule has 2 aromatic carbocycles. The number of benzene rings is 2. The Balaban J connectivity index is 2.03. The lowest BCUT2D eigenvalue weighted by molar-refractivity contribution is -0.395. The molecule has 0 aliphatic carbocycles. The number of ether oxygens (including phenoxy) is 2. The standard InChI is InChI=1S/C21H23NO4/c1-5-22(6-2)15-12-8-10-13-9-7-11-14(16(13)15)18(22)17-19(23)25-21(3,4)26-20(17)24/h7-12,18H,5-6H2,1-4H3/t18-/m0/s1. The summed E-state index contributed by atoms with van der Waals surface area (Å²) in [5, 5.41) is 15.1. The third-order valence-corrected chi connectivity index (χ3v) is 5.70. The van der Waals surface area contributed by atoms with Crippen molar-refractivity contribution in [1.82, 2.24) is 4.48 Å². The minimum Gasteiger partial charge on any atom is -0.575 e. The highest BCUT2D eigenvalue weighted by Crippen LogP contribution is 2.53. The third-order valence-electron chi connectivity index (χ3n) is 5.70. The second kappa shape index (κ2) is 5.48. The van der Waals surface area contributed by atoms with Gasteiger partial charge in [-0.2, -0.15) is 0 Å². The van der Waals surface area contributed by atoms with E-state index in [1.165, 1.54) is 0 Å². The summed E-state index contributed by atoms with van der Waals surface area (Å²) in [6.07, 6.45) is 0. The lowest BCUT2D eigenvalue weighted by Gasteiger charge is -2.45. The number of nitrogens with zero attached hydrogens (tertiary/aromatic N) is 1. The molecule has 0 radical (unpaired) electrons. The average molecular weight is 353 g/mol. The molecule has 26 heavy (non-hydrogen) atoms. The molecule has 0 fully saturated rings. The van der Waals surface area contributed by atoms with Crippen LogP contribution < -0.4 is 9.59 Å². The molecule has 0 aromatic heterocycles. The van der Waals surface area contributed by atoms with Crippen LogP contribution in [0, 0.1) is 0 Å². The van der Waals surface area contributed by atoms with Crippen molar-refractivity contribution in [2.75, 3.05) is 13.1 Å². The fourth-order valence-corrected chi connectivity index (χ4v) is 4.57. The van der Waals surface area contributed by atoms with Crippen molar-refractivity contribution in [3.63, 3.8) is 0 Å². The Morgan fingerprint density at radius 3 is 2.35 bits per heavy atom. The second-order valence-electron chi connectivity index (χ2n) is 7.38. The van der Waals surface area contributed by atoms with Gasteiger partial charge in [-0.3, -0.25) is 4.48 Å².